The number of ether oxygens (including phenoxy) is 2. The van der Waals surface area contributed by atoms with Gasteiger partial charge in [-0.1, -0.05) is 58.4 Å². The molecule has 0 aromatic heterocycles. The summed E-state index contributed by atoms with van der Waals surface area (Å²) in [6.45, 7) is 13.8. The van der Waals surface area contributed by atoms with Crippen LogP contribution in [0.2, 0.25) is 0 Å². The van der Waals surface area contributed by atoms with Crippen LogP contribution in [0.1, 0.15) is 71.0 Å². The standard InChI is InChI=1S/C35H48BrN3O7/c1-6-8-17-26(41)37-23(5)29(24-15-11-9-12-16-24)45-34(44)27-28-32(42)39(19-13-10-14-20-40)31(33(43)38(18-7-2)22(3)4)35(28)21-25(36)30(27)46-35/h6-7,9,11-12,15-16,22-23,25,27-31,40H,1-2,8,10,13-14,17-21H2,3-5H3,(H,37,41)/t23-,25?,27+,28-,29-,30+,31+,35-/m0/s1. The molecule has 0 saturated carbocycles. The molecule has 3 heterocycles. The first kappa shape index (κ1) is 35.8. The Kier molecular flexibility index (Phi) is 12.2. The van der Waals surface area contributed by atoms with Crippen LogP contribution in [0.5, 0.6) is 0 Å². The summed E-state index contributed by atoms with van der Waals surface area (Å²) in [5.74, 6) is -3.18. The molecule has 2 N–H and O–H groups in total. The highest BCUT2D eigenvalue weighted by Crippen LogP contribution is 2.60. The lowest BCUT2D eigenvalue weighted by Gasteiger charge is -2.38. The number of nitrogens with one attached hydrogen (secondary N) is 1. The molecule has 252 valence electrons. The number of carbonyl (C=O) groups is 4. The minimum atomic E-state index is -1.21. The average molecular weight is 703 g/mol. The summed E-state index contributed by atoms with van der Waals surface area (Å²) in [6.07, 6.45) is 4.87. The van der Waals surface area contributed by atoms with Crippen molar-refractivity contribution in [3.05, 3.63) is 61.2 Å². The number of unbranched alkanes of at least 4 members (excludes halogenated alkanes) is 2. The second-order valence-electron chi connectivity index (χ2n) is 12.8. The van der Waals surface area contributed by atoms with Crippen LogP contribution in [0.15, 0.2) is 55.6 Å². The maximum Gasteiger partial charge on any atom is 0.313 e. The van der Waals surface area contributed by atoms with Crippen molar-refractivity contribution in [1.29, 1.82) is 0 Å². The number of fused-ring (bicyclic) bond motifs is 1. The average Bonchev–Trinajstić information content (AvgIpc) is 3.62. The molecule has 0 aliphatic carbocycles. The van der Waals surface area contributed by atoms with E-state index in [0.717, 1.165) is 0 Å². The number of rotatable bonds is 17. The lowest BCUT2D eigenvalue weighted by Crippen LogP contribution is -2.58. The molecule has 2 bridgehead atoms. The van der Waals surface area contributed by atoms with E-state index in [4.69, 9.17) is 9.47 Å². The number of alkyl halides is 1. The summed E-state index contributed by atoms with van der Waals surface area (Å²) in [4.78, 5) is 58.6. The Morgan fingerprint density at radius 2 is 1.89 bits per heavy atom. The number of amides is 3. The first-order valence-corrected chi connectivity index (χ1v) is 17.2. The van der Waals surface area contributed by atoms with E-state index < -0.39 is 47.7 Å². The quantitative estimate of drug-likeness (QED) is 0.109. The minimum Gasteiger partial charge on any atom is -0.455 e. The molecule has 3 amide bonds. The van der Waals surface area contributed by atoms with Crippen LogP contribution in [0.4, 0.5) is 0 Å². The topological polar surface area (TPSA) is 125 Å². The molecule has 3 aliphatic heterocycles. The van der Waals surface area contributed by atoms with Gasteiger partial charge in [0.15, 0.2) is 0 Å². The van der Waals surface area contributed by atoms with E-state index in [1.807, 2.05) is 44.2 Å². The summed E-state index contributed by atoms with van der Waals surface area (Å²) < 4.78 is 12.9. The van der Waals surface area contributed by atoms with Gasteiger partial charge in [-0.2, -0.15) is 0 Å². The SMILES string of the molecule is C=CCCC(=O)N[C@@H](C)[C@H](OC(=O)[C@H]1[C@@H]2O[C@@]3(CC2Br)[C@@H]1C(=O)N(CCCCCO)[C@@H]3C(=O)N(CC=C)C(C)C)c1ccccc1. The molecule has 10 nitrogen and oxygen atoms in total. The predicted octanol–water partition coefficient (Wildman–Crippen LogP) is 4.08. The van der Waals surface area contributed by atoms with Crippen LogP contribution in [0, 0.1) is 11.8 Å². The molecule has 3 aliphatic rings. The highest BCUT2D eigenvalue weighted by molar-refractivity contribution is 9.09. The van der Waals surface area contributed by atoms with Gasteiger partial charge < -0.3 is 29.7 Å². The van der Waals surface area contributed by atoms with Gasteiger partial charge >= 0.3 is 5.97 Å². The number of esters is 1. The maximum atomic E-state index is 14.4. The van der Waals surface area contributed by atoms with Gasteiger partial charge in [0, 0.05) is 37.0 Å². The van der Waals surface area contributed by atoms with E-state index in [9.17, 15) is 24.3 Å². The Morgan fingerprint density at radius 1 is 1.17 bits per heavy atom. The highest BCUT2D eigenvalue weighted by Gasteiger charge is 2.77. The summed E-state index contributed by atoms with van der Waals surface area (Å²) in [7, 11) is 0. The Bertz CT molecular complexity index is 1280. The van der Waals surface area contributed by atoms with Crippen molar-refractivity contribution >= 4 is 39.6 Å². The van der Waals surface area contributed by atoms with Gasteiger partial charge in [0.1, 0.15) is 17.7 Å². The number of aliphatic hydroxyl groups excluding tert-OH is 1. The fourth-order valence-corrected chi connectivity index (χ4v) is 8.22. The molecule has 11 heteroatoms. The van der Waals surface area contributed by atoms with Gasteiger partial charge in [0.05, 0.1) is 24.0 Å². The van der Waals surface area contributed by atoms with Crippen molar-refractivity contribution in [3.63, 3.8) is 0 Å². The van der Waals surface area contributed by atoms with E-state index in [2.05, 4.69) is 34.4 Å². The zero-order chi connectivity index (χ0) is 33.6. The van der Waals surface area contributed by atoms with E-state index >= 15 is 0 Å². The third-order valence-corrected chi connectivity index (χ3v) is 10.2. The van der Waals surface area contributed by atoms with Crippen LogP contribution < -0.4 is 5.32 Å². The molecule has 1 unspecified atom stereocenters. The predicted molar refractivity (Wildman–Crippen MR) is 178 cm³/mol. The Morgan fingerprint density at radius 3 is 2.52 bits per heavy atom. The zero-order valence-electron chi connectivity index (χ0n) is 27.1. The van der Waals surface area contributed by atoms with Crippen molar-refractivity contribution in [1.82, 2.24) is 15.1 Å². The van der Waals surface area contributed by atoms with Gasteiger partial charge in [-0.05, 0) is 58.4 Å². The molecule has 4 rings (SSSR count). The molecular weight excluding hydrogens is 654 g/mol. The van der Waals surface area contributed by atoms with E-state index in [-0.39, 0.29) is 41.6 Å². The van der Waals surface area contributed by atoms with Gasteiger partial charge in [0.2, 0.25) is 17.7 Å². The van der Waals surface area contributed by atoms with Crippen molar-refractivity contribution in [2.24, 2.45) is 11.8 Å². The summed E-state index contributed by atoms with van der Waals surface area (Å²) >= 11 is 3.72. The van der Waals surface area contributed by atoms with Gasteiger partial charge in [0.25, 0.3) is 0 Å². The lowest BCUT2D eigenvalue weighted by atomic mass is 9.70. The molecule has 1 aromatic rings. The molecular formula is C35H48BrN3O7. The van der Waals surface area contributed by atoms with Crippen molar-refractivity contribution in [2.75, 3.05) is 19.7 Å². The van der Waals surface area contributed by atoms with Gasteiger partial charge in [-0.3, -0.25) is 19.2 Å². The Labute approximate surface area is 280 Å². The highest BCUT2D eigenvalue weighted by atomic mass is 79.9. The zero-order valence-corrected chi connectivity index (χ0v) is 28.7. The number of likely N-dealkylation sites (tertiary alicyclic amines) is 1. The number of hydrogen-bond donors (Lipinski definition) is 2. The number of hydrogen-bond acceptors (Lipinski definition) is 7. The van der Waals surface area contributed by atoms with E-state index in [1.54, 1.807) is 28.9 Å². The molecule has 8 atom stereocenters. The second kappa shape index (κ2) is 15.7. The minimum absolute atomic E-state index is 0.0447. The summed E-state index contributed by atoms with van der Waals surface area (Å²) in [5.41, 5.74) is -0.510. The fourth-order valence-electron chi connectivity index (χ4n) is 7.28. The van der Waals surface area contributed by atoms with Gasteiger partial charge in [-0.25, -0.2) is 0 Å². The van der Waals surface area contributed by atoms with E-state index in [1.165, 1.54) is 0 Å². The summed E-state index contributed by atoms with van der Waals surface area (Å²) in [6, 6.07) is 7.56. The van der Waals surface area contributed by atoms with Crippen LogP contribution >= 0.6 is 15.9 Å². The third-order valence-electron chi connectivity index (χ3n) is 9.37. The Hall–Kier alpha value is -3.02. The molecule has 0 radical (unpaired) electrons. The number of halogens is 1. The van der Waals surface area contributed by atoms with Crippen molar-refractivity contribution in [3.8, 4) is 0 Å². The number of nitrogens with zero attached hydrogens (tertiary/aromatic N) is 2. The van der Waals surface area contributed by atoms with Crippen molar-refractivity contribution < 1.29 is 33.8 Å². The van der Waals surface area contributed by atoms with Crippen LogP contribution in [-0.4, -0.2) is 93.0 Å². The van der Waals surface area contributed by atoms with Gasteiger partial charge in [-0.15, -0.1) is 13.2 Å². The molecule has 3 saturated heterocycles. The maximum absolute atomic E-state index is 14.4. The molecule has 46 heavy (non-hydrogen) atoms. The van der Waals surface area contributed by atoms with Crippen LogP contribution in [-0.2, 0) is 28.7 Å². The first-order valence-electron chi connectivity index (χ1n) is 16.3. The number of aliphatic hydroxyl groups is 1. The fraction of sp³-hybridized carbons (Fsp3) is 0.600. The monoisotopic (exact) mass is 701 g/mol. The number of carbonyl (C=O) groups excluding carboxylic acids is 4. The number of allylic oxidation sites excluding steroid dienone is 1. The summed E-state index contributed by atoms with van der Waals surface area (Å²) in [5, 5.41) is 12.3. The van der Waals surface area contributed by atoms with E-state index in [0.29, 0.717) is 50.8 Å². The van der Waals surface area contributed by atoms with Crippen molar-refractivity contribution in [2.45, 2.75) is 100 Å². The molecule has 1 aromatic carbocycles. The lowest BCUT2D eigenvalue weighted by molar-refractivity contribution is -0.162. The second-order valence-corrected chi connectivity index (χ2v) is 14.0. The Balaban J connectivity index is 1.68. The molecule has 1 spiro atoms. The van der Waals surface area contributed by atoms with Crippen LogP contribution in [0.25, 0.3) is 0 Å². The van der Waals surface area contributed by atoms with Crippen LogP contribution in [0.3, 0.4) is 0 Å². The largest absolute Gasteiger partial charge is 0.455 e. The smallest absolute Gasteiger partial charge is 0.313 e. The first-order chi connectivity index (χ1) is 22.0. The third kappa shape index (κ3) is 7.11. The normalized spacial score (nSPS) is 27.7. The number of benzene rings is 1. The molecule has 3 fully saturated rings.